The third-order valence-corrected chi connectivity index (χ3v) is 9.73. The molecule has 29 heavy (non-hydrogen) atoms. The van der Waals surface area contributed by atoms with Crippen LogP contribution in [0.2, 0.25) is 0 Å². The third kappa shape index (κ3) is 4.89. The van der Waals surface area contributed by atoms with E-state index >= 15 is 0 Å². The zero-order valence-electron chi connectivity index (χ0n) is 20.3. The second-order valence-electron chi connectivity index (χ2n) is 12.2. The van der Waals surface area contributed by atoms with Crippen molar-refractivity contribution in [1.82, 2.24) is 9.80 Å². The molecule has 1 unspecified atom stereocenters. The second-order valence-corrected chi connectivity index (χ2v) is 12.2. The fraction of sp³-hybridized carbons (Fsp3) is 1.00. The molecule has 0 aromatic heterocycles. The quantitative estimate of drug-likeness (QED) is 0.492. The van der Waals surface area contributed by atoms with Crippen LogP contribution in [0.5, 0.6) is 0 Å². The molecule has 5 atom stereocenters. The molecule has 0 spiro atoms. The van der Waals surface area contributed by atoms with E-state index in [2.05, 4.69) is 44.4 Å². The van der Waals surface area contributed by atoms with E-state index in [1.807, 2.05) is 0 Å². The fourth-order valence-electron chi connectivity index (χ4n) is 7.76. The number of piperidine rings is 2. The summed E-state index contributed by atoms with van der Waals surface area (Å²) in [6, 6.07) is 1.87. The molecule has 2 heteroatoms. The zero-order chi connectivity index (χ0) is 20.5. The van der Waals surface area contributed by atoms with Crippen molar-refractivity contribution in [3.8, 4) is 0 Å². The van der Waals surface area contributed by atoms with Gasteiger partial charge in [-0.1, -0.05) is 47.5 Å². The minimum absolute atomic E-state index is 0.845. The lowest BCUT2D eigenvalue weighted by atomic mass is 9.67. The molecule has 2 saturated carbocycles. The first kappa shape index (κ1) is 22.1. The van der Waals surface area contributed by atoms with Crippen molar-refractivity contribution in [2.45, 2.75) is 104 Å². The summed E-state index contributed by atoms with van der Waals surface area (Å²) < 4.78 is 0. The molecule has 4 fully saturated rings. The number of rotatable bonds is 7. The van der Waals surface area contributed by atoms with E-state index < -0.39 is 0 Å². The molecule has 0 aromatic rings. The van der Waals surface area contributed by atoms with Crippen LogP contribution in [0, 0.1) is 41.4 Å². The highest BCUT2D eigenvalue weighted by Gasteiger charge is 2.41. The normalized spacial score (nSPS) is 38.4. The van der Waals surface area contributed by atoms with Crippen LogP contribution < -0.4 is 0 Å². The van der Waals surface area contributed by atoms with Crippen molar-refractivity contribution in [2.24, 2.45) is 41.4 Å². The summed E-state index contributed by atoms with van der Waals surface area (Å²) in [6.07, 6.45) is 13.3. The summed E-state index contributed by atoms with van der Waals surface area (Å²) in [4.78, 5) is 5.82. The average molecular weight is 403 g/mol. The van der Waals surface area contributed by atoms with E-state index in [4.69, 9.17) is 0 Å². The predicted molar refractivity (Wildman–Crippen MR) is 125 cm³/mol. The van der Waals surface area contributed by atoms with Gasteiger partial charge in [-0.05, 0) is 92.9 Å². The molecule has 0 aromatic carbocycles. The van der Waals surface area contributed by atoms with E-state index in [1.165, 1.54) is 84.0 Å². The maximum absolute atomic E-state index is 2.92. The van der Waals surface area contributed by atoms with Gasteiger partial charge in [-0.15, -0.1) is 0 Å². The highest BCUT2D eigenvalue weighted by atomic mass is 15.2. The molecular formula is C27H50N2. The van der Waals surface area contributed by atoms with Gasteiger partial charge in [0, 0.05) is 31.7 Å². The first-order valence-electron chi connectivity index (χ1n) is 13.4. The Morgan fingerprint density at radius 2 is 1.28 bits per heavy atom. The largest absolute Gasteiger partial charge is 0.300 e. The van der Waals surface area contributed by atoms with Gasteiger partial charge in [0.1, 0.15) is 0 Å². The van der Waals surface area contributed by atoms with Crippen LogP contribution in [0.1, 0.15) is 92.4 Å². The molecule has 2 nitrogen and oxygen atoms in total. The summed E-state index contributed by atoms with van der Waals surface area (Å²) >= 11 is 0. The summed E-state index contributed by atoms with van der Waals surface area (Å²) in [5, 5.41) is 0. The van der Waals surface area contributed by atoms with E-state index in [9.17, 15) is 0 Å². The van der Waals surface area contributed by atoms with Gasteiger partial charge in [0.15, 0.2) is 0 Å². The van der Waals surface area contributed by atoms with Gasteiger partial charge in [-0.2, -0.15) is 0 Å². The van der Waals surface area contributed by atoms with E-state index in [-0.39, 0.29) is 0 Å². The lowest BCUT2D eigenvalue weighted by Crippen LogP contribution is -2.53. The van der Waals surface area contributed by atoms with Crippen LogP contribution in [0.25, 0.3) is 0 Å². The van der Waals surface area contributed by atoms with Crippen LogP contribution in [0.15, 0.2) is 0 Å². The van der Waals surface area contributed by atoms with Gasteiger partial charge in [0.2, 0.25) is 0 Å². The highest BCUT2D eigenvalue weighted by molar-refractivity contribution is 4.93. The van der Waals surface area contributed by atoms with Crippen molar-refractivity contribution < 1.29 is 0 Å². The van der Waals surface area contributed by atoms with E-state index in [1.54, 1.807) is 0 Å². The Morgan fingerprint density at radius 1 is 0.690 bits per heavy atom. The van der Waals surface area contributed by atoms with E-state index in [0.717, 1.165) is 53.5 Å². The van der Waals surface area contributed by atoms with Crippen LogP contribution in [-0.2, 0) is 0 Å². The molecule has 2 aliphatic heterocycles. The molecule has 0 N–H and O–H groups in total. The minimum atomic E-state index is 0.845. The Balaban J connectivity index is 1.40. The summed E-state index contributed by atoms with van der Waals surface area (Å²) in [6.45, 7) is 18.1. The Hall–Kier alpha value is -0.0800. The third-order valence-electron chi connectivity index (χ3n) is 9.73. The van der Waals surface area contributed by atoms with Crippen molar-refractivity contribution in [3.05, 3.63) is 0 Å². The van der Waals surface area contributed by atoms with Gasteiger partial charge >= 0.3 is 0 Å². The van der Waals surface area contributed by atoms with E-state index in [0.29, 0.717) is 0 Å². The smallest absolute Gasteiger partial charge is 0.00955 e. The van der Waals surface area contributed by atoms with Crippen molar-refractivity contribution in [2.75, 3.05) is 26.2 Å². The van der Waals surface area contributed by atoms with Gasteiger partial charge in [-0.25, -0.2) is 0 Å². The Bertz CT molecular complexity index is 507. The minimum Gasteiger partial charge on any atom is -0.300 e. The molecule has 4 aliphatic rings. The molecule has 0 bridgehead atoms. The number of likely N-dealkylation sites (tertiary alicyclic amines) is 2. The Kier molecular flexibility index (Phi) is 7.32. The van der Waals surface area contributed by atoms with Crippen LogP contribution >= 0.6 is 0 Å². The predicted octanol–water partition coefficient (Wildman–Crippen LogP) is 6.31. The lowest BCUT2D eigenvalue weighted by Gasteiger charge is -2.50. The number of nitrogens with zero attached hydrogens (tertiary/aromatic N) is 2. The zero-order valence-corrected chi connectivity index (χ0v) is 20.3. The average Bonchev–Trinajstić information content (AvgIpc) is 2.56. The number of hydrogen-bond acceptors (Lipinski definition) is 2. The molecular weight excluding hydrogens is 352 g/mol. The maximum Gasteiger partial charge on any atom is 0.00955 e. The molecule has 0 radical (unpaired) electrons. The molecule has 2 heterocycles. The van der Waals surface area contributed by atoms with Crippen LogP contribution in [-0.4, -0.2) is 48.1 Å². The van der Waals surface area contributed by atoms with Crippen LogP contribution in [0.3, 0.4) is 0 Å². The Labute approximate surface area is 182 Å². The second kappa shape index (κ2) is 9.60. The summed E-state index contributed by atoms with van der Waals surface area (Å²) in [7, 11) is 0. The first-order chi connectivity index (χ1) is 13.9. The number of hydrogen-bond donors (Lipinski definition) is 0. The van der Waals surface area contributed by atoms with Crippen LogP contribution in [0.4, 0.5) is 0 Å². The standard InChI is InChI=1S/C27H50N2/c1-19(2)26-14-15-28(24-8-6-9-24)17-22(26)12-13-23-18-29(25-10-7-11-25)16-21(5)27(23)20(3)4/h19-27H,6-18H2,1-5H3/t21-,22+,23?,26-,27-/m0/s1. The summed E-state index contributed by atoms with van der Waals surface area (Å²) in [5.74, 6) is 6.38. The monoisotopic (exact) mass is 402 g/mol. The molecule has 4 rings (SSSR count). The van der Waals surface area contributed by atoms with Crippen molar-refractivity contribution in [3.63, 3.8) is 0 Å². The molecule has 168 valence electrons. The first-order valence-corrected chi connectivity index (χ1v) is 13.4. The highest BCUT2D eigenvalue weighted by Crippen LogP contribution is 2.42. The van der Waals surface area contributed by atoms with Gasteiger partial charge < -0.3 is 4.90 Å². The van der Waals surface area contributed by atoms with Gasteiger partial charge in [0.05, 0.1) is 0 Å². The summed E-state index contributed by atoms with van der Waals surface area (Å²) in [5.41, 5.74) is 0. The van der Waals surface area contributed by atoms with Gasteiger partial charge in [0.25, 0.3) is 0 Å². The molecule has 0 amide bonds. The SMILES string of the molecule is CC(C)[C@@H]1C(CC[C@@H]2CN(C3CCC3)CC[C@H]2C(C)C)CN(C2CCC2)C[C@@H]1C. The lowest BCUT2D eigenvalue weighted by molar-refractivity contribution is -0.0155. The van der Waals surface area contributed by atoms with Gasteiger partial charge in [-0.3, -0.25) is 4.90 Å². The maximum atomic E-state index is 2.92. The molecule has 2 aliphatic carbocycles. The Morgan fingerprint density at radius 3 is 1.83 bits per heavy atom. The fourth-order valence-corrected chi connectivity index (χ4v) is 7.76. The van der Waals surface area contributed by atoms with Crippen molar-refractivity contribution >= 4 is 0 Å². The topological polar surface area (TPSA) is 6.48 Å². The molecule has 2 saturated heterocycles. The van der Waals surface area contributed by atoms with Crippen molar-refractivity contribution in [1.29, 1.82) is 0 Å².